The Morgan fingerprint density at radius 2 is 2.10 bits per heavy atom. The minimum absolute atomic E-state index is 0.288. The fourth-order valence-electron chi connectivity index (χ4n) is 3.11. The molecule has 1 fully saturated rings. The first-order chi connectivity index (χ1) is 9.85. The van der Waals surface area contributed by atoms with Gasteiger partial charge in [0.15, 0.2) is 0 Å². The standard InChI is InChI=1S/C17H32N4/c1-6-17(5)13-19-15(16(2,3)4)12-21(17)10-7-9-20-11-8-18-14-20/h8,11,14-15,19H,6-7,9-10,12-13H2,1-5H3. The fraction of sp³-hybridized carbons (Fsp3) is 0.824. The summed E-state index contributed by atoms with van der Waals surface area (Å²) in [4.78, 5) is 6.82. The number of nitrogens with zero attached hydrogens (tertiary/aromatic N) is 3. The first kappa shape index (κ1) is 16.5. The maximum absolute atomic E-state index is 4.12. The smallest absolute Gasteiger partial charge is 0.0945 e. The van der Waals surface area contributed by atoms with Gasteiger partial charge in [0.1, 0.15) is 0 Å². The lowest BCUT2D eigenvalue weighted by Gasteiger charge is -2.51. The second-order valence-electron chi connectivity index (χ2n) is 7.75. The van der Waals surface area contributed by atoms with Crippen LogP contribution < -0.4 is 5.32 Å². The zero-order valence-electron chi connectivity index (χ0n) is 14.4. The normalized spacial score (nSPS) is 28.0. The van der Waals surface area contributed by atoms with E-state index < -0.39 is 0 Å². The van der Waals surface area contributed by atoms with Crippen LogP contribution in [0, 0.1) is 5.41 Å². The average molecular weight is 292 g/mol. The minimum Gasteiger partial charge on any atom is -0.337 e. The van der Waals surface area contributed by atoms with Gasteiger partial charge in [-0.1, -0.05) is 27.7 Å². The second kappa shape index (κ2) is 6.49. The van der Waals surface area contributed by atoms with Crippen LogP contribution in [-0.4, -0.2) is 45.7 Å². The maximum atomic E-state index is 4.12. The molecular weight excluding hydrogens is 260 g/mol. The van der Waals surface area contributed by atoms with Crippen molar-refractivity contribution in [3.63, 3.8) is 0 Å². The van der Waals surface area contributed by atoms with Crippen molar-refractivity contribution in [2.45, 2.75) is 65.6 Å². The largest absolute Gasteiger partial charge is 0.337 e. The molecule has 0 radical (unpaired) electrons. The van der Waals surface area contributed by atoms with Crippen LogP contribution in [0.2, 0.25) is 0 Å². The van der Waals surface area contributed by atoms with Crippen LogP contribution in [0.25, 0.3) is 0 Å². The Hall–Kier alpha value is -0.870. The van der Waals surface area contributed by atoms with Crippen molar-refractivity contribution >= 4 is 0 Å². The predicted molar refractivity (Wildman–Crippen MR) is 88.4 cm³/mol. The molecule has 120 valence electrons. The lowest BCUT2D eigenvalue weighted by molar-refractivity contribution is 0.0206. The molecule has 0 amide bonds. The number of aryl methyl sites for hydroxylation is 1. The van der Waals surface area contributed by atoms with Gasteiger partial charge in [-0.25, -0.2) is 4.98 Å². The lowest BCUT2D eigenvalue weighted by Crippen LogP contribution is -2.65. The van der Waals surface area contributed by atoms with Crippen molar-refractivity contribution in [3.8, 4) is 0 Å². The van der Waals surface area contributed by atoms with E-state index in [4.69, 9.17) is 0 Å². The van der Waals surface area contributed by atoms with Crippen LogP contribution in [0.4, 0.5) is 0 Å². The highest BCUT2D eigenvalue weighted by Crippen LogP contribution is 2.29. The van der Waals surface area contributed by atoms with Gasteiger partial charge < -0.3 is 9.88 Å². The molecule has 4 nitrogen and oxygen atoms in total. The lowest BCUT2D eigenvalue weighted by atomic mass is 9.81. The highest BCUT2D eigenvalue weighted by atomic mass is 15.3. The summed E-state index contributed by atoms with van der Waals surface area (Å²) in [6.07, 6.45) is 8.20. The van der Waals surface area contributed by atoms with Crippen molar-refractivity contribution in [1.29, 1.82) is 0 Å². The van der Waals surface area contributed by atoms with Gasteiger partial charge in [0.2, 0.25) is 0 Å². The number of rotatable bonds is 5. The molecule has 1 aromatic heterocycles. The van der Waals surface area contributed by atoms with Crippen LogP contribution >= 0.6 is 0 Å². The highest BCUT2D eigenvalue weighted by Gasteiger charge is 2.39. The van der Waals surface area contributed by atoms with E-state index >= 15 is 0 Å². The van der Waals surface area contributed by atoms with E-state index in [0.29, 0.717) is 11.5 Å². The number of hydrogen-bond acceptors (Lipinski definition) is 3. The van der Waals surface area contributed by atoms with Crippen molar-refractivity contribution in [3.05, 3.63) is 18.7 Å². The van der Waals surface area contributed by atoms with E-state index in [-0.39, 0.29) is 5.54 Å². The SMILES string of the molecule is CCC1(C)CNC(C(C)(C)C)CN1CCCn1ccnc1. The Morgan fingerprint density at radius 3 is 2.67 bits per heavy atom. The van der Waals surface area contributed by atoms with Gasteiger partial charge in [0.25, 0.3) is 0 Å². The summed E-state index contributed by atoms with van der Waals surface area (Å²) in [6, 6.07) is 0.574. The summed E-state index contributed by atoms with van der Waals surface area (Å²) in [7, 11) is 0. The maximum Gasteiger partial charge on any atom is 0.0945 e. The molecule has 2 atom stereocenters. The molecule has 1 aliphatic rings. The van der Waals surface area contributed by atoms with Crippen LogP contribution in [-0.2, 0) is 6.54 Å². The topological polar surface area (TPSA) is 33.1 Å². The summed E-state index contributed by atoms with van der Waals surface area (Å²) < 4.78 is 2.17. The summed E-state index contributed by atoms with van der Waals surface area (Å²) in [5, 5.41) is 3.78. The highest BCUT2D eigenvalue weighted by molar-refractivity contribution is 4.98. The third-order valence-electron chi connectivity index (χ3n) is 5.11. The molecule has 4 heteroatoms. The molecular formula is C17H32N4. The van der Waals surface area contributed by atoms with Crippen molar-refractivity contribution < 1.29 is 0 Å². The summed E-state index contributed by atoms with van der Waals surface area (Å²) in [6.45, 7) is 16.2. The molecule has 0 aliphatic carbocycles. The first-order valence-corrected chi connectivity index (χ1v) is 8.29. The van der Waals surface area contributed by atoms with E-state index in [2.05, 4.69) is 60.6 Å². The molecule has 2 unspecified atom stereocenters. The summed E-state index contributed by atoms with van der Waals surface area (Å²) >= 11 is 0. The molecule has 1 aromatic rings. The Kier molecular flexibility index (Phi) is 5.10. The van der Waals surface area contributed by atoms with Gasteiger partial charge in [-0.05, 0) is 25.2 Å². The molecule has 2 rings (SSSR count). The number of piperazine rings is 1. The van der Waals surface area contributed by atoms with E-state index in [9.17, 15) is 0 Å². The molecule has 1 N–H and O–H groups in total. The van der Waals surface area contributed by atoms with Crippen LogP contribution in [0.15, 0.2) is 18.7 Å². The third-order valence-corrected chi connectivity index (χ3v) is 5.11. The molecule has 0 bridgehead atoms. The summed E-state index contributed by atoms with van der Waals surface area (Å²) in [5.41, 5.74) is 0.606. The second-order valence-corrected chi connectivity index (χ2v) is 7.75. The fourth-order valence-corrected chi connectivity index (χ4v) is 3.11. The minimum atomic E-state index is 0.288. The van der Waals surface area contributed by atoms with E-state index in [1.165, 1.54) is 12.8 Å². The predicted octanol–water partition coefficient (Wildman–Crippen LogP) is 2.76. The van der Waals surface area contributed by atoms with Gasteiger partial charge >= 0.3 is 0 Å². The average Bonchev–Trinajstić information content (AvgIpc) is 2.93. The van der Waals surface area contributed by atoms with Gasteiger partial charge in [-0.3, -0.25) is 4.90 Å². The third kappa shape index (κ3) is 4.07. The molecule has 2 heterocycles. The molecule has 1 saturated heterocycles. The zero-order chi connectivity index (χ0) is 15.5. The van der Waals surface area contributed by atoms with E-state index in [1.807, 2.05) is 12.5 Å². The molecule has 0 aromatic carbocycles. The van der Waals surface area contributed by atoms with Crippen LogP contribution in [0.5, 0.6) is 0 Å². The zero-order valence-corrected chi connectivity index (χ0v) is 14.4. The molecule has 1 aliphatic heterocycles. The van der Waals surface area contributed by atoms with Gasteiger partial charge in [-0.15, -0.1) is 0 Å². The van der Waals surface area contributed by atoms with Crippen molar-refractivity contribution in [1.82, 2.24) is 19.8 Å². The summed E-state index contributed by atoms with van der Waals surface area (Å²) in [5.74, 6) is 0. The van der Waals surface area contributed by atoms with Crippen molar-refractivity contribution in [2.24, 2.45) is 5.41 Å². The Bertz CT molecular complexity index is 420. The monoisotopic (exact) mass is 292 g/mol. The number of nitrogens with one attached hydrogen (secondary N) is 1. The molecule has 21 heavy (non-hydrogen) atoms. The van der Waals surface area contributed by atoms with Gasteiger partial charge in [-0.2, -0.15) is 0 Å². The van der Waals surface area contributed by atoms with E-state index in [0.717, 1.165) is 26.2 Å². The van der Waals surface area contributed by atoms with Gasteiger partial charge in [0.05, 0.1) is 6.33 Å². The number of hydrogen-bond donors (Lipinski definition) is 1. The Morgan fingerprint density at radius 1 is 1.33 bits per heavy atom. The number of imidazole rings is 1. The van der Waals surface area contributed by atoms with Crippen LogP contribution in [0.1, 0.15) is 47.5 Å². The quantitative estimate of drug-likeness (QED) is 0.906. The molecule has 0 spiro atoms. The van der Waals surface area contributed by atoms with Crippen molar-refractivity contribution in [2.75, 3.05) is 19.6 Å². The first-order valence-electron chi connectivity index (χ1n) is 8.29. The van der Waals surface area contributed by atoms with Gasteiger partial charge in [0, 0.05) is 50.2 Å². The number of aromatic nitrogens is 2. The van der Waals surface area contributed by atoms with E-state index in [1.54, 1.807) is 0 Å². The molecule has 0 saturated carbocycles. The van der Waals surface area contributed by atoms with Crippen LogP contribution in [0.3, 0.4) is 0 Å². The Balaban J connectivity index is 1.94. The Labute approximate surface area is 129 Å².